The second-order valence-electron chi connectivity index (χ2n) is 6.04. The number of halogens is 1. The fourth-order valence-electron chi connectivity index (χ4n) is 3.58. The number of carbonyl (C=O) groups excluding carboxylic acids is 1. The minimum atomic E-state index is 0.145. The van der Waals surface area contributed by atoms with E-state index < -0.39 is 0 Å². The number of amides is 1. The Labute approximate surface area is 134 Å². The van der Waals surface area contributed by atoms with Crippen molar-refractivity contribution in [2.24, 2.45) is 5.92 Å². The Bertz CT molecular complexity index is 549. The fraction of sp³-hybridized carbons (Fsp3) is 0.562. The number of nitrogens with zero attached hydrogens (tertiary/aromatic N) is 1. The highest BCUT2D eigenvalue weighted by atomic mass is 79.9. The highest BCUT2D eigenvalue weighted by molar-refractivity contribution is 9.10. The molecule has 0 radical (unpaired) electrons. The van der Waals surface area contributed by atoms with E-state index in [9.17, 15) is 4.79 Å². The Hall–Kier alpha value is -1.07. The average Bonchev–Trinajstić information content (AvgIpc) is 3.09. The summed E-state index contributed by atoms with van der Waals surface area (Å²) in [4.78, 5) is 14.5. The van der Waals surface area contributed by atoms with Crippen LogP contribution in [0.25, 0.3) is 0 Å². The average molecular weight is 353 g/mol. The van der Waals surface area contributed by atoms with Crippen molar-refractivity contribution in [3.05, 3.63) is 28.2 Å². The molecule has 5 heteroatoms. The van der Waals surface area contributed by atoms with Crippen LogP contribution in [0.1, 0.15) is 24.8 Å². The van der Waals surface area contributed by atoms with Gasteiger partial charge in [0.1, 0.15) is 5.75 Å². The predicted octanol–water partition coefficient (Wildman–Crippen LogP) is 2.56. The summed E-state index contributed by atoms with van der Waals surface area (Å²) in [5.41, 5.74) is 1.03. The molecule has 0 saturated carbocycles. The Morgan fingerprint density at radius 2 is 2.29 bits per heavy atom. The molecule has 21 heavy (non-hydrogen) atoms. The molecule has 3 rings (SSSR count). The van der Waals surface area contributed by atoms with Gasteiger partial charge >= 0.3 is 0 Å². The van der Waals surface area contributed by atoms with Gasteiger partial charge in [-0.3, -0.25) is 4.79 Å². The Kier molecular flexibility index (Phi) is 4.22. The van der Waals surface area contributed by atoms with Gasteiger partial charge in [-0.15, -0.1) is 0 Å². The topological polar surface area (TPSA) is 41.6 Å². The lowest BCUT2D eigenvalue weighted by Crippen LogP contribution is -2.38. The van der Waals surface area contributed by atoms with Gasteiger partial charge in [0, 0.05) is 35.7 Å². The number of methoxy groups -OCH3 is 1. The molecule has 2 aliphatic rings. The first kappa shape index (κ1) is 14.9. The lowest BCUT2D eigenvalue weighted by molar-refractivity contribution is -0.135. The van der Waals surface area contributed by atoms with Crippen LogP contribution in [0.5, 0.6) is 5.75 Å². The van der Waals surface area contributed by atoms with Crippen LogP contribution in [0.4, 0.5) is 0 Å². The van der Waals surface area contributed by atoms with Crippen molar-refractivity contribution in [2.45, 2.75) is 37.9 Å². The molecule has 2 saturated heterocycles. The SMILES string of the molecule is COc1ccc(Br)cc1CN(C)C(=O)C1CC2CCC1N2. The van der Waals surface area contributed by atoms with E-state index in [1.54, 1.807) is 7.11 Å². The summed E-state index contributed by atoms with van der Waals surface area (Å²) in [5.74, 6) is 1.22. The van der Waals surface area contributed by atoms with Crippen LogP contribution in [0.15, 0.2) is 22.7 Å². The van der Waals surface area contributed by atoms with Crippen molar-refractivity contribution in [1.82, 2.24) is 10.2 Å². The molecule has 114 valence electrons. The van der Waals surface area contributed by atoms with Crippen LogP contribution >= 0.6 is 15.9 Å². The zero-order valence-corrected chi connectivity index (χ0v) is 14.0. The van der Waals surface area contributed by atoms with Crippen molar-refractivity contribution in [3.63, 3.8) is 0 Å². The molecule has 0 aromatic heterocycles. The molecule has 1 aromatic carbocycles. The summed E-state index contributed by atoms with van der Waals surface area (Å²) < 4.78 is 6.39. The molecule has 2 bridgehead atoms. The third-order valence-corrected chi connectivity index (χ3v) is 5.14. The minimum absolute atomic E-state index is 0.145. The number of benzene rings is 1. The van der Waals surface area contributed by atoms with Gasteiger partial charge in [0.25, 0.3) is 0 Å². The molecule has 1 aromatic rings. The van der Waals surface area contributed by atoms with Gasteiger partial charge in [-0.25, -0.2) is 0 Å². The molecule has 1 N–H and O–H groups in total. The van der Waals surface area contributed by atoms with Crippen molar-refractivity contribution >= 4 is 21.8 Å². The van der Waals surface area contributed by atoms with Crippen LogP contribution in [-0.4, -0.2) is 37.0 Å². The molecule has 1 amide bonds. The highest BCUT2D eigenvalue weighted by Gasteiger charge is 2.43. The first-order valence-electron chi connectivity index (χ1n) is 7.42. The highest BCUT2D eigenvalue weighted by Crippen LogP contribution is 2.34. The normalized spacial score (nSPS) is 26.9. The molecule has 3 unspecified atom stereocenters. The monoisotopic (exact) mass is 352 g/mol. The second kappa shape index (κ2) is 5.97. The summed E-state index contributed by atoms with van der Waals surface area (Å²) in [6.45, 7) is 0.579. The standard InChI is InChI=1S/C16H21BrN2O2/c1-19(9-10-7-11(17)3-6-15(10)21-2)16(20)13-8-12-4-5-14(13)18-12/h3,6-7,12-14,18H,4-5,8-9H2,1-2H3. The van der Waals surface area contributed by atoms with Gasteiger partial charge in [0.05, 0.1) is 13.0 Å². The van der Waals surface area contributed by atoms with Gasteiger partial charge in [0.2, 0.25) is 5.91 Å². The Balaban J connectivity index is 1.70. The molecule has 2 fully saturated rings. The van der Waals surface area contributed by atoms with E-state index in [4.69, 9.17) is 4.74 Å². The number of hydrogen-bond donors (Lipinski definition) is 1. The second-order valence-corrected chi connectivity index (χ2v) is 6.96. The zero-order chi connectivity index (χ0) is 15.0. The van der Waals surface area contributed by atoms with E-state index in [0.717, 1.165) is 28.6 Å². The van der Waals surface area contributed by atoms with Gasteiger partial charge in [-0.1, -0.05) is 15.9 Å². The maximum absolute atomic E-state index is 12.7. The molecule has 3 atom stereocenters. The zero-order valence-electron chi connectivity index (χ0n) is 12.4. The Morgan fingerprint density at radius 3 is 2.90 bits per heavy atom. The first-order valence-corrected chi connectivity index (χ1v) is 8.21. The van der Waals surface area contributed by atoms with Gasteiger partial charge < -0.3 is 15.0 Å². The van der Waals surface area contributed by atoms with E-state index in [1.165, 1.54) is 6.42 Å². The number of carbonyl (C=O) groups is 1. The van der Waals surface area contributed by atoms with Crippen LogP contribution in [0.3, 0.4) is 0 Å². The van der Waals surface area contributed by atoms with Crippen molar-refractivity contribution in [3.8, 4) is 5.75 Å². The van der Waals surface area contributed by atoms with Crippen LogP contribution in [-0.2, 0) is 11.3 Å². The Morgan fingerprint density at radius 1 is 1.48 bits per heavy atom. The summed E-state index contributed by atoms with van der Waals surface area (Å²) in [7, 11) is 3.54. The number of nitrogens with one attached hydrogen (secondary N) is 1. The number of rotatable bonds is 4. The van der Waals surface area contributed by atoms with Gasteiger partial charge in [-0.05, 0) is 37.5 Å². The minimum Gasteiger partial charge on any atom is -0.496 e. The maximum Gasteiger partial charge on any atom is 0.227 e. The molecule has 4 nitrogen and oxygen atoms in total. The molecular formula is C16H21BrN2O2. The summed E-state index contributed by atoms with van der Waals surface area (Å²) in [5, 5.41) is 3.53. The van der Waals surface area contributed by atoms with Crippen LogP contribution < -0.4 is 10.1 Å². The van der Waals surface area contributed by atoms with Crippen LogP contribution in [0.2, 0.25) is 0 Å². The lowest BCUT2D eigenvalue weighted by Gasteiger charge is -2.26. The molecule has 2 heterocycles. The fourth-order valence-corrected chi connectivity index (χ4v) is 3.99. The van der Waals surface area contributed by atoms with E-state index in [1.807, 2.05) is 30.1 Å². The van der Waals surface area contributed by atoms with E-state index in [2.05, 4.69) is 21.2 Å². The predicted molar refractivity (Wildman–Crippen MR) is 85.2 cm³/mol. The molecular weight excluding hydrogens is 332 g/mol. The first-order chi connectivity index (χ1) is 10.1. The van der Waals surface area contributed by atoms with E-state index in [-0.39, 0.29) is 11.8 Å². The number of fused-ring (bicyclic) bond motifs is 2. The van der Waals surface area contributed by atoms with E-state index >= 15 is 0 Å². The summed E-state index contributed by atoms with van der Waals surface area (Å²) >= 11 is 3.48. The quantitative estimate of drug-likeness (QED) is 0.905. The van der Waals surface area contributed by atoms with E-state index in [0.29, 0.717) is 18.6 Å². The molecule has 2 aliphatic heterocycles. The third-order valence-electron chi connectivity index (χ3n) is 4.64. The van der Waals surface area contributed by atoms with Crippen molar-refractivity contribution in [1.29, 1.82) is 0 Å². The summed E-state index contributed by atoms with van der Waals surface area (Å²) in [6, 6.07) is 6.83. The maximum atomic E-state index is 12.7. The van der Waals surface area contributed by atoms with Gasteiger partial charge in [-0.2, -0.15) is 0 Å². The van der Waals surface area contributed by atoms with Crippen molar-refractivity contribution < 1.29 is 9.53 Å². The smallest absolute Gasteiger partial charge is 0.227 e. The largest absolute Gasteiger partial charge is 0.496 e. The van der Waals surface area contributed by atoms with Crippen molar-refractivity contribution in [2.75, 3.05) is 14.2 Å². The summed E-state index contributed by atoms with van der Waals surface area (Å²) in [6.07, 6.45) is 3.34. The third kappa shape index (κ3) is 2.94. The number of hydrogen-bond acceptors (Lipinski definition) is 3. The lowest BCUT2D eigenvalue weighted by atomic mass is 9.88. The number of ether oxygens (including phenoxy) is 1. The molecule has 0 aliphatic carbocycles. The van der Waals surface area contributed by atoms with Crippen LogP contribution in [0, 0.1) is 5.92 Å². The van der Waals surface area contributed by atoms with Gasteiger partial charge in [0.15, 0.2) is 0 Å². The molecule has 0 spiro atoms.